The Morgan fingerprint density at radius 1 is 1.71 bits per heavy atom. The molecule has 1 heterocycles. The third-order valence-corrected chi connectivity index (χ3v) is 1.69. The summed E-state index contributed by atoms with van der Waals surface area (Å²) in [4.78, 5) is 18.1. The number of nitrogens with zero attached hydrogens (tertiary/aromatic N) is 1. The molecule has 0 saturated carbocycles. The number of carbonyl (C=O) groups excluding carboxylic acids is 1. The molecule has 1 aromatic heterocycles. The lowest BCUT2D eigenvalue weighted by Gasteiger charge is -2.02. The second-order valence-corrected chi connectivity index (χ2v) is 2.76. The van der Waals surface area contributed by atoms with Gasteiger partial charge in [0.1, 0.15) is 5.82 Å². The average molecular weight is 197 g/mol. The number of aromatic nitrogens is 2. The van der Waals surface area contributed by atoms with Crippen molar-refractivity contribution in [3.8, 4) is 0 Å². The molecule has 0 atom stereocenters. The van der Waals surface area contributed by atoms with Crippen LogP contribution in [0.2, 0.25) is 0 Å². The Balaban J connectivity index is 2.09. The van der Waals surface area contributed by atoms with E-state index in [-0.39, 0.29) is 5.91 Å². The Kier molecular flexibility index (Phi) is 4.71. The van der Waals surface area contributed by atoms with Crippen LogP contribution in [0.5, 0.6) is 0 Å². The monoisotopic (exact) mass is 197 g/mol. The minimum atomic E-state index is -0.0187. The van der Waals surface area contributed by atoms with Crippen LogP contribution in [0.1, 0.15) is 19.2 Å². The quantitative estimate of drug-likeness (QED) is 0.651. The van der Waals surface area contributed by atoms with Gasteiger partial charge in [-0.3, -0.25) is 4.79 Å². The van der Waals surface area contributed by atoms with Crippen LogP contribution >= 0.6 is 0 Å². The van der Waals surface area contributed by atoms with Gasteiger partial charge in [-0.1, -0.05) is 0 Å². The number of ether oxygens (including phenoxy) is 1. The number of H-pyrrole nitrogens is 1. The molecule has 1 aromatic rings. The number of hydrogen-bond donors (Lipinski definition) is 2. The number of nitrogens with one attached hydrogen (secondary N) is 2. The summed E-state index contributed by atoms with van der Waals surface area (Å²) in [5, 5.41) is 2.73. The summed E-state index contributed by atoms with van der Waals surface area (Å²) in [5.74, 6) is 0.740. The van der Waals surface area contributed by atoms with Gasteiger partial charge in [0.25, 0.3) is 0 Å². The standard InChI is InChI=1S/C9H15N3O2/c1-2-14-6-3-9(13)12-7-8-10-4-5-11-8/h4-5H,2-3,6-7H2,1H3,(H,10,11)(H,12,13). The molecule has 0 radical (unpaired) electrons. The lowest BCUT2D eigenvalue weighted by atomic mass is 10.4. The van der Waals surface area contributed by atoms with Gasteiger partial charge < -0.3 is 15.0 Å². The average Bonchev–Trinajstić information content (AvgIpc) is 2.68. The molecule has 0 spiro atoms. The lowest BCUT2D eigenvalue weighted by molar-refractivity contribution is -0.122. The maximum atomic E-state index is 11.2. The van der Waals surface area contributed by atoms with Crippen LogP contribution in [-0.4, -0.2) is 29.1 Å². The molecule has 0 saturated heterocycles. The second kappa shape index (κ2) is 6.15. The fourth-order valence-corrected chi connectivity index (χ4v) is 0.975. The zero-order chi connectivity index (χ0) is 10.2. The van der Waals surface area contributed by atoms with E-state index < -0.39 is 0 Å². The fourth-order valence-electron chi connectivity index (χ4n) is 0.975. The van der Waals surface area contributed by atoms with Gasteiger partial charge in [0, 0.05) is 25.4 Å². The minimum Gasteiger partial charge on any atom is -0.381 e. The van der Waals surface area contributed by atoms with E-state index >= 15 is 0 Å². The molecule has 0 aromatic carbocycles. The largest absolute Gasteiger partial charge is 0.381 e. The Morgan fingerprint density at radius 2 is 2.57 bits per heavy atom. The molecule has 78 valence electrons. The number of imidazole rings is 1. The first kappa shape index (κ1) is 10.7. The van der Waals surface area contributed by atoms with Gasteiger partial charge in [-0.2, -0.15) is 0 Å². The van der Waals surface area contributed by atoms with E-state index in [0.29, 0.717) is 26.2 Å². The van der Waals surface area contributed by atoms with Crippen LogP contribution in [-0.2, 0) is 16.1 Å². The third kappa shape index (κ3) is 4.04. The Labute approximate surface area is 82.9 Å². The van der Waals surface area contributed by atoms with Crippen molar-refractivity contribution in [2.45, 2.75) is 19.9 Å². The third-order valence-electron chi connectivity index (χ3n) is 1.69. The molecule has 0 bridgehead atoms. The first-order valence-electron chi connectivity index (χ1n) is 4.65. The number of aromatic amines is 1. The molecule has 2 N–H and O–H groups in total. The number of carbonyl (C=O) groups is 1. The molecule has 0 aliphatic heterocycles. The van der Waals surface area contributed by atoms with Gasteiger partial charge in [0.2, 0.25) is 5.91 Å². The first-order valence-corrected chi connectivity index (χ1v) is 4.65. The molecule has 0 unspecified atom stereocenters. The van der Waals surface area contributed by atoms with Gasteiger partial charge in [0.15, 0.2) is 0 Å². The van der Waals surface area contributed by atoms with Crippen molar-refractivity contribution in [1.29, 1.82) is 0 Å². The van der Waals surface area contributed by atoms with Crippen LogP contribution in [0.25, 0.3) is 0 Å². The van der Waals surface area contributed by atoms with E-state index in [1.54, 1.807) is 12.4 Å². The lowest BCUT2D eigenvalue weighted by Crippen LogP contribution is -2.24. The highest BCUT2D eigenvalue weighted by atomic mass is 16.5. The highest BCUT2D eigenvalue weighted by Crippen LogP contribution is 1.88. The van der Waals surface area contributed by atoms with Crippen molar-refractivity contribution in [3.63, 3.8) is 0 Å². The molecule has 1 amide bonds. The van der Waals surface area contributed by atoms with Crippen LogP contribution in [0, 0.1) is 0 Å². The van der Waals surface area contributed by atoms with E-state index in [1.807, 2.05) is 6.92 Å². The van der Waals surface area contributed by atoms with Crippen molar-refractivity contribution in [1.82, 2.24) is 15.3 Å². The van der Waals surface area contributed by atoms with Crippen LogP contribution in [0.3, 0.4) is 0 Å². The fraction of sp³-hybridized carbons (Fsp3) is 0.556. The molecule has 1 rings (SSSR count). The molecule has 5 nitrogen and oxygen atoms in total. The summed E-state index contributed by atoms with van der Waals surface area (Å²) in [6, 6.07) is 0. The van der Waals surface area contributed by atoms with Crippen LogP contribution in [0.4, 0.5) is 0 Å². The van der Waals surface area contributed by atoms with Gasteiger partial charge in [-0.25, -0.2) is 4.98 Å². The predicted octanol–water partition coefficient (Wildman–Crippen LogP) is 0.452. The molecular formula is C9H15N3O2. The van der Waals surface area contributed by atoms with Crippen molar-refractivity contribution >= 4 is 5.91 Å². The topological polar surface area (TPSA) is 67.0 Å². The summed E-state index contributed by atoms with van der Waals surface area (Å²) in [6.45, 7) is 3.46. The molecule has 14 heavy (non-hydrogen) atoms. The molecular weight excluding hydrogens is 182 g/mol. The van der Waals surface area contributed by atoms with E-state index in [0.717, 1.165) is 5.82 Å². The summed E-state index contributed by atoms with van der Waals surface area (Å²) < 4.78 is 5.06. The van der Waals surface area contributed by atoms with Crippen molar-refractivity contribution in [3.05, 3.63) is 18.2 Å². The van der Waals surface area contributed by atoms with Gasteiger partial charge >= 0.3 is 0 Å². The Morgan fingerprint density at radius 3 is 3.21 bits per heavy atom. The second-order valence-electron chi connectivity index (χ2n) is 2.76. The number of amides is 1. The summed E-state index contributed by atoms with van der Waals surface area (Å²) in [6.07, 6.45) is 3.78. The van der Waals surface area contributed by atoms with E-state index in [1.165, 1.54) is 0 Å². The zero-order valence-corrected chi connectivity index (χ0v) is 8.25. The minimum absolute atomic E-state index is 0.0187. The van der Waals surface area contributed by atoms with Crippen molar-refractivity contribution in [2.75, 3.05) is 13.2 Å². The molecule has 0 aliphatic carbocycles. The maximum Gasteiger partial charge on any atom is 0.222 e. The van der Waals surface area contributed by atoms with E-state index in [2.05, 4.69) is 15.3 Å². The number of hydrogen-bond acceptors (Lipinski definition) is 3. The Hall–Kier alpha value is -1.36. The van der Waals surface area contributed by atoms with Gasteiger partial charge in [0.05, 0.1) is 13.2 Å². The van der Waals surface area contributed by atoms with E-state index in [9.17, 15) is 4.79 Å². The van der Waals surface area contributed by atoms with Gasteiger partial charge in [-0.05, 0) is 6.92 Å². The maximum absolute atomic E-state index is 11.2. The summed E-state index contributed by atoms with van der Waals surface area (Å²) >= 11 is 0. The van der Waals surface area contributed by atoms with Crippen LogP contribution < -0.4 is 5.32 Å². The predicted molar refractivity (Wildman–Crippen MR) is 51.5 cm³/mol. The Bertz CT molecular complexity index is 259. The van der Waals surface area contributed by atoms with Gasteiger partial charge in [-0.15, -0.1) is 0 Å². The highest BCUT2D eigenvalue weighted by Gasteiger charge is 2.01. The van der Waals surface area contributed by atoms with Crippen molar-refractivity contribution in [2.24, 2.45) is 0 Å². The molecule has 0 aliphatic rings. The SMILES string of the molecule is CCOCCC(=O)NCc1ncc[nH]1. The summed E-state index contributed by atoms with van der Waals surface area (Å²) in [7, 11) is 0. The highest BCUT2D eigenvalue weighted by molar-refractivity contribution is 5.75. The van der Waals surface area contributed by atoms with E-state index in [4.69, 9.17) is 4.74 Å². The van der Waals surface area contributed by atoms with Crippen LogP contribution in [0.15, 0.2) is 12.4 Å². The smallest absolute Gasteiger partial charge is 0.222 e. The first-order chi connectivity index (χ1) is 6.83. The summed E-state index contributed by atoms with van der Waals surface area (Å²) in [5.41, 5.74) is 0. The van der Waals surface area contributed by atoms with Crippen molar-refractivity contribution < 1.29 is 9.53 Å². The molecule has 0 fully saturated rings. The molecule has 5 heteroatoms. The number of rotatable bonds is 6. The zero-order valence-electron chi connectivity index (χ0n) is 8.25. The normalized spacial score (nSPS) is 10.1.